The minimum Gasteiger partial charge on any atom is -0.507 e. The molecule has 0 radical (unpaired) electrons. The van der Waals surface area contributed by atoms with Crippen molar-refractivity contribution in [3.05, 3.63) is 89.5 Å². The Bertz CT molecular complexity index is 906. The molecule has 0 aromatic heterocycles. The first-order chi connectivity index (χ1) is 11.2. The zero-order valence-corrected chi connectivity index (χ0v) is 12.3. The third-order valence-corrected chi connectivity index (χ3v) is 3.64. The molecule has 0 saturated carbocycles. The standard InChI is InChI=1S/C20H14O3/c21-13-14-5-7-16(8-6-14)19(22)12-20(23)18-10-9-15-3-1-2-4-17(15)11-18/h1-13,23H. The third-order valence-electron chi connectivity index (χ3n) is 3.64. The number of hydrogen-bond donors (Lipinski definition) is 1. The van der Waals surface area contributed by atoms with E-state index >= 15 is 0 Å². The molecular formula is C20H14O3. The van der Waals surface area contributed by atoms with Gasteiger partial charge in [-0.05, 0) is 16.8 Å². The second-order valence-electron chi connectivity index (χ2n) is 5.20. The van der Waals surface area contributed by atoms with Gasteiger partial charge in [0.25, 0.3) is 0 Å². The van der Waals surface area contributed by atoms with Gasteiger partial charge in [0, 0.05) is 22.8 Å². The van der Waals surface area contributed by atoms with E-state index in [-0.39, 0.29) is 11.5 Å². The largest absolute Gasteiger partial charge is 0.507 e. The molecule has 0 aliphatic carbocycles. The zero-order chi connectivity index (χ0) is 16.2. The molecule has 3 rings (SSSR count). The van der Waals surface area contributed by atoms with E-state index in [4.69, 9.17) is 0 Å². The summed E-state index contributed by atoms with van der Waals surface area (Å²) >= 11 is 0. The molecule has 0 fully saturated rings. The number of aliphatic hydroxyl groups excluding tert-OH is 1. The predicted octanol–water partition coefficient (Wildman–Crippen LogP) is 4.43. The molecule has 3 heteroatoms. The molecule has 0 spiro atoms. The van der Waals surface area contributed by atoms with Crippen molar-refractivity contribution in [1.29, 1.82) is 0 Å². The van der Waals surface area contributed by atoms with Gasteiger partial charge in [-0.3, -0.25) is 9.59 Å². The molecule has 1 N–H and O–H groups in total. The summed E-state index contributed by atoms with van der Waals surface area (Å²) in [5.74, 6) is -0.395. The Morgan fingerprint density at radius 3 is 2.17 bits per heavy atom. The molecule has 0 heterocycles. The van der Waals surface area contributed by atoms with Crippen LogP contribution in [0.15, 0.2) is 72.8 Å². The number of allylic oxidation sites excluding steroid dienone is 1. The highest BCUT2D eigenvalue weighted by Crippen LogP contribution is 2.20. The van der Waals surface area contributed by atoms with Gasteiger partial charge in [0.05, 0.1) is 0 Å². The van der Waals surface area contributed by atoms with Crippen LogP contribution in [0.5, 0.6) is 0 Å². The van der Waals surface area contributed by atoms with Crippen molar-refractivity contribution >= 4 is 28.6 Å². The first-order valence-electron chi connectivity index (χ1n) is 7.17. The number of ketones is 1. The number of hydrogen-bond acceptors (Lipinski definition) is 3. The van der Waals surface area contributed by atoms with Crippen molar-refractivity contribution in [2.45, 2.75) is 0 Å². The zero-order valence-electron chi connectivity index (χ0n) is 12.3. The van der Waals surface area contributed by atoms with Gasteiger partial charge in [-0.2, -0.15) is 0 Å². The first-order valence-corrected chi connectivity index (χ1v) is 7.17. The van der Waals surface area contributed by atoms with Crippen LogP contribution in [0.3, 0.4) is 0 Å². The van der Waals surface area contributed by atoms with Crippen LogP contribution >= 0.6 is 0 Å². The second-order valence-corrected chi connectivity index (χ2v) is 5.20. The lowest BCUT2D eigenvalue weighted by atomic mass is 10.0. The van der Waals surface area contributed by atoms with Gasteiger partial charge < -0.3 is 5.11 Å². The summed E-state index contributed by atoms with van der Waals surface area (Å²) in [4.78, 5) is 22.8. The summed E-state index contributed by atoms with van der Waals surface area (Å²) in [5, 5.41) is 12.3. The average molecular weight is 302 g/mol. The van der Waals surface area contributed by atoms with Crippen LogP contribution in [0.1, 0.15) is 26.3 Å². The summed E-state index contributed by atoms with van der Waals surface area (Å²) in [6.45, 7) is 0. The van der Waals surface area contributed by atoms with E-state index in [1.807, 2.05) is 36.4 Å². The highest BCUT2D eigenvalue weighted by Gasteiger charge is 2.07. The Kier molecular flexibility index (Phi) is 4.02. The SMILES string of the molecule is O=Cc1ccc(C(=O)C=C(O)c2ccc3ccccc3c2)cc1. The van der Waals surface area contributed by atoms with Gasteiger partial charge in [0.2, 0.25) is 0 Å². The van der Waals surface area contributed by atoms with Crippen LogP contribution in [-0.4, -0.2) is 17.2 Å². The lowest BCUT2D eigenvalue weighted by molar-refractivity contribution is 0.104. The van der Waals surface area contributed by atoms with Crippen LogP contribution in [-0.2, 0) is 0 Å². The van der Waals surface area contributed by atoms with Crippen molar-refractivity contribution in [2.75, 3.05) is 0 Å². The number of rotatable bonds is 4. The minimum absolute atomic E-state index is 0.0831. The van der Waals surface area contributed by atoms with Crippen molar-refractivity contribution in [2.24, 2.45) is 0 Å². The normalized spacial score (nSPS) is 11.4. The Morgan fingerprint density at radius 2 is 1.48 bits per heavy atom. The smallest absolute Gasteiger partial charge is 0.189 e. The second kappa shape index (κ2) is 6.28. The van der Waals surface area contributed by atoms with Gasteiger partial charge in [-0.25, -0.2) is 0 Å². The minimum atomic E-state index is -0.312. The summed E-state index contributed by atoms with van der Waals surface area (Å²) in [6, 6.07) is 19.6. The Hall–Kier alpha value is -3.20. The lowest BCUT2D eigenvalue weighted by Gasteiger charge is -2.03. The topological polar surface area (TPSA) is 54.4 Å². The molecule has 3 nitrogen and oxygen atoms in total. The van der Waals surface area contributed by atoms with Crippen molar-refractivity contribution < 1.29 is 14.7 Å². The molecule has 0 amide bonds. The maximum Gasteiger partial charge on any atom is 0.189 e. The fourth-order valence-corrected chi connectivity index (χ4v) is 2.37. The Balaban J connectivity index is 1.89. The van der Waals surface area contributed by atoms with Crippen LogP contribution in [0.2, 0.25) is 0 Å². The van der Waals surface area contributed by atoms with Crippen molar-refractivity contribution in [3.63, 3.8) is 0 Å². The van der Waals surface area contributed by atoms with E-state index in [1.54, 1.807) is 30.3 Å². The molecular weight excluding hydrogens is 288 g/mol. The van der Waals surface area contributed by atoms with E-state index in [0.717, 1.165) is 17.1 Å². The summed E-state index contributed by atoms with van der Waals surface area (Å²) in [5.41, 5.74) is 1.51. The Morgan fingerprint density at radius 1 is 0.826 bits per heavy atom. The van der Waals surface area contributed by atoms with E-state index in [9.17, 15) is 14.7 Å². The molecule has 23 heavy (non-hydrogen) atoms. The Labute approximate surface area is 133 Å². The van der Waals surface area contributed by atoms with Gasteiger partial charge in [0.15, 0.2) is 5.78 Å². The van der Waals surface area contributed by atoms with Crippen molar-refractivity contribution in [1.82, 2.24) is 0 Å². The highest BCUT2D eigenvalue weighted by atomic mass is 16.3. The van der Waals surface area contributed by atoms with Crippen LogP contribution < -0.4 is 0 Å². The summed E-state index contributed by atoms with van der Waals surface area (Å²) < 4.78 is 0. The maximum atomic E-state index is 12.2. The van der Waals surface area contributed by atoms with Gasteiger partial charge in [-0.1, -0.05) is 60.7 Å². The maximum absolute atomic E-state index is 12.2. The van der Waals surface area contributed by atoms with Gasteiger partial charge in [0.1, 0.15) is 12.0 Å². The highest BCUT2D eigenvalue weighted by molar-refractivity contribution is 6.08. The first kappa shape index (κ1) is 14.7. The number of carbonyl (C=O) groups is 2. The number of fused-ring (bicyclic) bond motifs is 1. The molecule has 0 aliphatic heterocycles. The van der Waals surface area contributed by atoms with Gasteiger partial charge in [-0.15, -0.1) is 0 Å². The van der Waals surface area contributed by atoms with Crippen LogP contribution in [0.4, 0.5) is 0 Å². The third kappa shape index (κ3) is 3.19. The molecule has 0 unspecified atom stereocenters. The molecule has 0 atom stereocenters. The van der Waals surface area contributed by atoms with Crippen LogP contribution in [0.25, 0.3) is 16.5 Å². The molecule has 0 saturated heterocycles. The van der Waals surface area contributed by atoms with E-state index in [2.05, 4.69) is 0 Å². The molecule has 3 aromatic rings. The average Bonchev–Trinajstić information content (AvgIpc) is 2.61. The number of aldehydes is 1. The number of benzene rings is 3. The van der Waals surface area contributed by atoms with Crippen LogP contribution in [0, 0.1) is 0 Å². The van der Waals surface area contributed by atoms with Crippen molar-refractivity contribution in [3.8, 4) is 0 Å². The molecule has 112 valence electrons. The fourth-order valence-electron chi connectivity index (χ4n) is 2.37. The van der Waals surface area contributed by atoms with E-state index in [0.29, 0.717) is 16.7 Å². The summed E-state index contributed by atoms with van der Waals surface area (Å²) in [6.07, 6.45) is 1.91. The lowest BCUT2D eigenvalue weighted by Crippen LogP contribution is -1.97. The monoisotopic (exact) mass is 302 g/mol. The number of aliphatic hydroxyl groups is 1. The molecule has 0 bridgehead atoms. The number of carbonyl (C=O) groups excluding carboxylic acids is 2. The quantitative estimate of drug-likeness (QED) is 0.335. The summed E-state index contributed by atoms with van der Waals surface area (Å²) in [7, 11) is 0. The van der Waals surface area contributed by atoms with Gasteiger partial charge >= 0.3 is 0 Å². The fraction of sp³-hybridized carbons (Fsp3) is 0. The molecule has 3 aromatic carbocycles. The predicted molar refractivity (Wildman–Crippen MR) is 90.7 cm³/mol. The molecule has 0 aliphatic rings. The van der Waals surface area contributed by atoms with E-state index < -0.39 is 0 Å². The van der Waals surface area contributed by atoms with E-state index in [1.165, 1.54) is 6.08 Å².